The first-order valence-corrected chi connectivity index (χ1v) is 14.8. The van der Waals surface area contributed by atoms with Gasteiger partial charge >= 0.3 is 0 Å². The van der Waals surface area contributed by atoms with Gasteiger partial charge in [-0.3, -0.25) is 14.4 Å². The van der Waals surface area contributed by atoms with E-state index in [4.69, 9.17) is 0 Å². The summed E-state index contributed by atoms with van der Waals surface area (Å²) in [5.41, 5.74) is 4.14. The fourth-order valence-electron chi connectivity index (χ4n) is 5.74. The lowest BCUT2D eigenvalue weighted by molar-refractivity contribution is -0.133. The second kappa shape index (κ2) is 13.0. The van der Waals surface area contributed by atoms with Crippen LogP contribution in [0.4, 0.5) is 11.4 Å². The van der Waals surface area contributed by atoms with Crippen molar-refractivity contribution >= 4 is 29.1 Å². The molecule has 3 aromatic rings. The maximum absolute atomic E-state index is 13.8. The van der Waals surface area contributed by atoms with E-state index >= 15 is 0 Å². The molecule has 0 bridgehead atoms. The van der Waals surface area contributed by atoms with Crippen LogP contribution < -0.4 is 10.2 Å². The summed E-state index contributed by atoms with van der Waals surface area (Å²) in [6.45, 7) is 4.99. The van der Waals surface area contributed by atoms with Crippen molar-refractivity contribution in [1.82, 2.24) is 9.80 Å². The molecule has 1 saturated heterocycles. The summed E-state index contributed by atoms with van der Waals surface area (Å²) in [5, 5.41) is 3.03. The maximum atomic E-state index is 13.8. The van der Waals surface area contributed by atoms with Gasteiger partial charge in [0.05, 0.1) is 11.5 Å². The number of amides is 3. The van der Waals surface area contributed by atoms with Crippen LogP contribution in [0.25, 0.3) is 0 Å². The van der Waals surface area contributed by atoms with Gasteiger partial charge in [0.1, 0.15) is 0 Å². The van der Waals surface area contributed by atoms with Crippen LogP contribution >= 0.6 is 0 Å². The average molecular weight is 553 g/mol. The third-order valence-electron chi connectivity index (χ3n) is 8.42. The highest BCUT2D eigenvalue weighted by Gasteiger charge is 2.30. The third kappa shape index (κ3) is 6.62. The summed E-state index contributed by atoms with van der Waals surface area (Å²) < 4.78 is 0. The van der Waals surface area contributed by atoms with Crippen LogP contribution in [0.5, 0.6) is 0 Å². The zero-order valence-corrected chi connectivity index (χ0v) is 24.1. The normalized spacial score (nSPS) is 16.0. The SMILES string of the molecule is CC[C@@H](C(=O)N1CCN(c2ccc(NC(=O)C3CCC3)cc2C(=O)N(C)Cc2ccccc2)CC1)c1ccccc1. The van der Waals surface area contributed by atoms with Gasteiger partial charge in [-0.15, -0.1) is 0 Å². The van der Waals surface area contributed by atoms with Crippen molar-refractivity contribution in [2.24, 2.45) is 5.92 Å². The first-order chi connectivity index (χ1) is 19.9. The van der Waals surface area contributed by atoms with Crippen molar-refractivity contribution in [1.29, 1.82) is 0 Å². The van der Waals surface area contributed by atoms with E-state index in [2.05, 4.69) is 17.1 Å². The van der Waals surface area contributed by atoms with E-state index in [-0.39, 0.29) is 29.6 Å². The molecule has 1 N–H and O–H groups in total. The zero-order valence-electron chi connectivity index (χ0n) is 24.1. The van der Waals surface area contributed by atoms with E-state index in [9.17, 15) is 14.4 Å². The molecule has 7 nitrogen and oxygen atoms in total. The highest BCUT2D eigenvalue weighted by Crippen LogP contribution is 2.31. The van der Waals surface area contributed by atoms with Crippen LogP contribution in [0.2, 0.25) is 0 Å². The van der Waals surface area contributed by atoms with Crippen LogP contribution in [0.3, 0.4) is 0 Å². The number of carbonyl (C=O) groups excluding carboxylic acids is 3. The minimum absolute atomic E-state index is 0.0241. The number of hydrogen-bond donors (Lipinski definition) is 1. The van der Waals surface area contributed by atoms with E-state index in [1.54, 1.807) is 4.90 Å². The molecule has 3 amide bonds. The minimum Gasteiger partial charge on any atom is -0.367 e. The first-order valence-electron chi connectivity index (χ1n) is 14.8. The molecule has 0 radical (unpaired) electrons. The lowest BCUT2D eigenvalue weighted by Gasteiger charge is -2.38. The van der Waals surface area contributed by atoms with Crippen LogP contribution in [-0.4, -0.2) is 60.7 Å². The molecule has 1 atom stereocenters. The molecule has 0 spiro atoms. The van der Waals surface area contributed by atoms with Gasteiger partial charge < -0.3 is 20.0 Å². The molecule has 1 heterocycles. The molecule has 7 heteroatoms. The van der Waals surface area contributed by atoms with Crippen molar-refractivity contribution in [3.63, 3.8) is 0 Å². The molecule has 1 aliphatic carbocycles. The Morgan fingerprint density at radius 1 is 0.902 bits per heavy atom. The second-order valence-electron chi connectivity index (χ2n) is 11.2. The summed E-state index contributed by atoms with van der Waals surface area (Å²) in [6, 6.07) is 25.5. The van der Waals surface area contributed by atoms with Crippen LogP contribution in [0, 0.1) is 5.92 Å². The number of nitrogens with one attached hydrogen (secondary N) is 1. The number of anilines is 2. The Balaban J connectivity index is 1.33. The summed E-state index contributed by atoms with van der Waals surface area (Å²) in [6.07, 6.45) is 3.68. The lowest BCUT2D eigenvalue weighted by Crippen LogP contribution is -2.50. The van der Waals surface area contributed by atoms with Gasteiger partial charge in [-0.2, -0.15) is 0 Å². The third-order valence-corrected chi connectivity index (χ3v) is 8.42. The fourth-order valence-corrected chi connectivity index (χ4v) is 5.74. The number of nitrogens with zero attached hydrogens (tertiary/aromatic N) is 3. The molecule has 2 fully saturated rings. The molecule has 214 valence electrons. The van der Waals surface area contributed by atoms with Crippen molar-refractivity contribution in [2.45, 2.75) is 45.1 Å². The first kappa shape index (κ1) is 28.4. The summed E-state index contributed by atoms with van der Waals surface area (Å²) in [7, 11) is 1.81. The van der Waals surface area contributed by atoms with Crippen LogP contribution in [0.1, 0.15) is 60.0 Å². The Hall–Kier alpha value is -4.13. The van der Waals surface area contributed by atoms with Gasteiger partial charge in [-0.25, -0.2) is 0 Å². The van der Waals surface area contributed by atoms with Crippen molar-refractivity contribution in [2.75, 3.05) is 43.4 Å². The van der Waals surface area contributed by atoms with E-state index in [0.717, 1.165) is 42.5 Å². The Morgan fingerprint density at radius 3 is 2.17 bits per heavy atom. The molecule has 0 unspecified atom stereocenters. The Kier molecular flexibility index (Phi) is 9.02. The summed E-state index contributed by atoms with van der Waals surface area (Å²) >= 11 is 0. The summed E-state index contributed by atoms with van der Waals surface area (Å²) in [5.74, 6) is -0.00676. The van der Waals surface area contributed by atoms with Crippen LogP contribution in [-0.2, 0) is 16.1 Å². The standard InChI is InChI=1S/C34H40N4O3/c1-3-29(26-13-8-5-9-14-26)34(41)38-21-19-37(20-22-38)31-18-17-28(35-32(39)27-15-10-16-27)23-30(31)33(40)36(2)24-25-11-6-4-7-12-25/h4-9,11-14,17-18,23,27,29H,3,10,15-16,19-22,24H2,1-2H3,(H,35,39)/t29-/m1/s1. The molecule has 1 saturated carbocycles. The molecule has 41 heavy (non-hydrogen) atoms. The van der Waals surface area contributed by atoms with Gasteiger partial charge in [0.15, 0.2) is 0 Å². The Morgan fingerprint density at radius 2 is 1.56 bits per heavy atom. The monoisotopic (exact) mass is 552 g/mol. The quantitative estimate of drug-likeness (QED) is 0.378. The number of piperazine rings is 1. The Bertz CT molecular complexity index is 1350. The van der Waals surface area contributed by atoms with Crippen molar-refractivity contribution in [3.05, 3.63) is 95.6 Å². The molecule has 3 aromatic carbocycles. The van der Waals surface area contributed by atoms with E-state index < -0.39 is 0 Å². The highest BCUT2D eigenvalue weighted by atomic mass is 16.2. The topological polar surface area (TPSA) is 73.0 Å². The molecular formula is C34H40N4O3. The molecule has 5 rings (SSSR count). The fraction of sp³-hybridized carbons (Fsp3) is 0.382. The molecular weight excluding hydrogens is 512 g/mol. The van der Waals surface area contributed by atoms with Gasteiger partial charge in [-0.1, -0.05) is 74.0 Å². The smallest absolute Gasteiger partial charge is 0.256 e. The second-order valence-corrected chi connectivity index (χ2v) is 11.2. The Labute approximate surface area is 243 Å². The number of carbonyl (C=O) groups is 3. The predicted octanol–water partition coefficient (Wildman–Crippen LogP) is 5.54. The number of rotatable bonds is 9. The van der Waals surface area contributed by atoms with Gasteiger partial charge in [-0.05, 0) is 48.6 Å². The van der Waals surface area contributed by atoms with Crippen molar-refractivity contribution in [3.8, 4) is 0 Å². The maximum Gasteiger partial charge on any atom is 0.256 e. The van der Waals surface area contributed by atoms with Gasteiger partial charge in [0.2, 0.25) is 11.8 Å². The van der Waals surface area contributed by atoms with Crippen LogP contribution in [0.15, 0.2) is 78.9 Å². The number of hydrogen-bond acceptors (Lipinski definition) is 4. The lowest BCUT2D eigenvalue weighted by atomic mass is 9.85. The van der Waals surface area contributed by atoms with Crippen molar-refractivity contribution < 1.29 is 14.4 Å². The van der Waals surface area contributed by atoms with E-state index in [1.807, 2.05) is 90.8 Å². The average Bonchev–Trinajstić information content (AvgIpc) is 2.97. The molecule has 1 aliphatic heterocycles. The predicted molar refractivity (Wildman–Crippen MR) is 163 cm³/mol. The molecule has 2 aliphatic rings. The zero-order chi connectivity index (χ0) is 28.8. The summed E-state index contributed by atoms with van der Waals surface area (Å²) in [4.78, 5) is 45.8. The largest absolute Gasteiger partial charge is 0.367 e. The van der Waals surface area contributed by atoms with E-state index in [0.29, 0.717) is 44.0 Å². The number of benzene rings is 3. The van der Waals surface area contributed by atoms with Gasteiger partial charge in [0.25, 0.3) is 5.91 Å². The minimum atomic E-state index is -0.148. The highest BCUT2D eigenvalue weighted by molar-refractivity contribution is 6.02. The van der Waals surface area contributed by atoms with E-state index in [1.165, 1.54) is 0 Å². The van der Waals surface area contributed by atoms with Gasteiger partial charge in [0, 0.05) is 57.1 Å². The molecule has 0 aromatic heterocycles.